The number of carboxylic acids is 1. The zero-order chi connectivity index (χ0) is 12.1. The van der Waals surface area contributed by atoms with Crippen LogP contribution in [0.5, 0.6) is 0 Å². The number of hydrogen-bond acceptors (Lipinski definition) is 5. The number of nitrogens with zero attached hydrogens (tertiary/aromatic N) is 2. The molecule has 0 unspecified atom stereocenters. The largest absolute Gasteiger partial charge is 0.481 e. The maximum absolute atomic E-state index is 11.3. The molecule has 1 rings (SSSR count). The average Bonchev–Trinajstić information content (AvgIpc) is 2.60. The van der Waals surface area contributed by atoms with Gasteiger partial charge < -0.3 is 10.0 Å². The molecule has 88 valence electrons. The first-order valence-electron chi connectivity index (χ1n) is 4.48. The molecule has 5 nitrogen and oxygen atoms in total. The molecule has 0 saturated carbocycles. The van der Waals surface area contributed by atoms with E-state index in [0.29, 0.717) is 11.4 Å². The van der Waals surface area contributed by atoms with E-state index in [-0.39, 0.29) is 12.3 Å². The van der Waals surface area contributed by atoms with Gasteiger partial charge in [0.1, 0.15) is 0 Å². The summed E-state index contributed by atoms with van der Waals surface area (Å²) in [5.74, 6) is -0.557. The lowest BCUT2D eigenvalue weighted by atomic mass is 10.3. The Bertz CT molecular complexity index is 390. The third kappa shape index (κ3) is 4.19. The van der Waals surface area contributed by atoms with Crippen molar-refractivity contribution in [3.8, 4) is 0 Å². The number of carbonyl (C=O) groups is 2. The Kier molecular flexibility index (Phi) is 4.75. The topological polar surface area (TPSA) is 70.5 Å². The zero-order valence-electron chi connectivity index (χ0n) is 8.97. The molecule has 0 bridgehead atoms. The van der Waals surface area contributed by atoms with Crippen LogP contribution in [0.2, 0.25) is 0 Å². The van der Waals surface area contributed by atoms with Crippen LogP contribution in [0.25, 0.3) is 0 Å². The summed E-state index contributed by atoms with van der Waals surface area (Å²) in [5, 5.41) is 10.3. The van der Waals surface area contributed by atoms with Crippen LogP contribution in [-0.2, 0) is 16.0 Å². The van der Waals surface area contributed by atoms with E-state index in [1.54, 1.807) is 19.5 Å². The second-order valence-electron chi connectivity index (χ2n) is 3.25. The fourth-order valence-electron chi connectivity index (χ4n) is 0.843. The van der Waals surface area contributed by atoms with Crippen LogP contribution in [0.1, 0.15) is 5.69 Å². The lowest BCUT2D eigenvalue weighted by Gasteiger charge is -2.07. The summed E-state index contributed by atoms with van der Waals surface area (Å²) < 4.78 is 0.728. The monoisotopic (exact) mass is 260 g/mol. The molecule has 0 aliphatic heterocycles. The number of aliphatic carboxylic acids is 1. The van der Waals surface area contributed by atoms with E-state index >= 15 is 0 Å². The molecule has 1 N–H and O–H groups in total. The van der Waals surface area contributed by atoms with Crippen molar-refractivity contribution in [2.75, 3.05) is 19.8 Å². The molecule has 0 aliphatic carbocycles. The van der Waals surface area contributed by atoms with Crippen molar-refractivity contribution in [2.45, 2.75) is 10.8 Å². The van der Waals surface area contributed by atoms with Gasteiger partial charge in [0, 0.05) is 19.5 Å². The van der Waals surface area contributed by atoms with Crippen LogP contribution in [0.15, 0.2) is 9.72 Å². The molecule has 0 fully saturated rings. The molecule has 1 amide bonds. The number of aromatic nitrogens is 1. The van der Waals surface area contributed by atoms with Gasteiger partial charge in [0.05, 0.1) is 17.9 Å². The Labute approximate surface area is 101 Å². The number of thioether (sulfide) groups is 1. The molecule has 1 aromatic rings. The van der Waals surface area contributed by atoms with E-state index < -0.39 is 5.97 Å². The van der Waals surface area contributed by atoms with E-state index in [9.17, 15) is 9.59 Å². The van der Waals surface area contributed by atoms with Gasteiger partial charge in [0.15, 0.2) is 4.34 Å². The van der Waals surface area contributed by atoms with Crippen LogP contribution in [0, 0.1) is 0 Å². The molecule has 0 atom stereocenters. The predicted molar refractivity (Wildman–Crippen MR) is 62.9 cm³/mol. The molecule has 0 aromatic carbocycles. The van der Waals surface area contributed by atoms with Gasteiger partial charge in [0.25, 0.3) is 0 Å². The Morgan fingerprint density at radius 3 is 2.81 bits per heavy atom. The SMILES string of the molecule is CN(C)C(=O)CSc1nc(CC(=O)O)cs1. The first-order chi connectivity index (χ1) is 7.49. The van der Waals surface area contributed by atoms with E-state index in [1.807, 2.05) is 0 Å². The minimum atomic E-state index is -0.897. The highest BCUT2D eigenvalue weighted by Crippen LogP contribution is 2.22. The predicted octanol–water partition coefficient (Wildman–Crippen LogP) is 0.950. The van der Waals surface area contributed by atoms with Gasteiger partial charge in [0.2, 0.25) is 5.91 Å². The second kappa shape index (κ2) is 5.86. The normalized spacial score (nSPS) is 10.1. The van der Waals surface area contributed by atoms with Gasteiger partial charge in [-0.1, -0.05) is 11.8 Å². The molecular formula is C9H12N2O3S2. The Morgan fingerprint density at radius 1 is 1.56 bits per heavy atom. The summed E-state index contributed by atoms with van der Waals surface area (Å²) in [5.41, 5.74) is 0.539. The summed E-state index contributed by atoms with van der Waals surface area (Å²) in [7, 11) is 3.39. The summed E-state index contributed by atoms with van der Waals surface area (Å²) in [6, 6.07) is 0. The quantitative estimate of drug-likeness (QED) is 0.798. The van der Waals surface area contributed by atoms with Crippen molar-refractivity contribution in [1.29, 1.82) is 0 Å². The Morgan fingerprint density at radius 2 is 2.25 bits per heavy atom. The molecule has 1 heterocycles. The van der Waals surface area contributed by atoms with Crippen molar-refractivity contribution in [3.63, 3.8) is 0 Å². The Hall–Kier alpha value is -1.08. The highest BCUT2D eigenvalue weighted by Gasteiger charge is 2.09. The van der Waals surface area contributed by atoms with Crippen LogP contribution >= 0.6 is 23.1 Å². The zero-order valence-corrected chi connectivity index (χ0v) is 10.6. The highest BCUT2D eigenvalue weighted by molar-refractivity contribution is 8.01. The molecule has 1 aromatic heterocycles. The minimum absolute atomic E-state index is 0.0139. The molecule has 16 heavy (non-hydrogen) atoms. The summed E-state index contributed by atoms with van der Waals surface area (Å²) >= 11 is 2.69. The summed E-state index contributed by atoms with van der Waals surface area (Å²) in [6.45, 7) is 0. The van der Waals surface area contributed by atoms with Crippen LogP contribution in [-0.4, -0.2) is 46.7 Å². The van der Waals surface area contributed by atoms with Crippen molar-refractivity contribution < 1.29 is 14.7 Å². The third-order valence-corrected chi connectivity index (χ3v) is 3.74. The van der Waals surface area contributed by atoms with E-state index in [2.05, 4.69) is 4.98 Å². The average molecular weight is 260 g/mol. The second-order valence-corrected chi connectivity index (χ2v) is 5.33. The van der Waals surface area contributed by atoms with Crippen LogP contribution in [0.3, 0.4) is 0 Å². The lowest BCUT2D eigenvalue weighted by molar-refractivity contribution is -0.136. The molecule has 0 spiro atoms. The fourth-order valence-corrected chi connectivity index (χ4v) is 2.67. The highest BCUT2D eigenvalue weighted by atomic mass is 32.2. The summed E-state index contributed by atoms with van der Waals surface area (Å²) in [6.07, 6.45) is -0.0707. The van der Waals surface area contributed by atoms with Gasteiger partial charge >= 0.3 is 5.97 Å². The molecular weight excluding hydrogens is 248 g/mol. The Balaban J connectivity index is 2.46. The van der Waals surface area contributed by atoms with Crippen molar-refractivity contribution in [3.05, 3.63) is 11.1 Å². The number of hydrogen-bond donors (Lipinski definition) is 1. The van der Waals surface area contributed by atoms with Gasteiger partial charge in [-0.05, 0) is 0 Å². The first-order valence-corrected chi connectivity index (χ1v) is 6.34. The van der Waals surface area contributed by atoms with Gasteiger partial charge in [-0.2, -0.15) is 0 Å². The fraction of sp³-hybridized carbons (Fsp3) is 0.444. The van der Waals surface area contributed by atoms with Gasteiger partial charge in [-0.25, -0.2) is 4.98 Å². The van der Waals surface area contributed by atoms with Crippen molar-refractivity contribution >= 4 is 35.0 Å². The standard InChI is InChI=1S/C9H12N2O3S2/c1-11(2)7(12)5-16-9-10-6(4-15-9)3-8(13)14/h4H,3,5H2,1-2H3,(H,13,14). The van der Waals surface area contributed by atoms with Crippen LogP contribution in [0.4, 0.5) is 0 Å². The first kappa shape index (κ1) is 13.0. The molecule has 7 heteroatoms. The lowest BCUT2D eigenvalue weighted by Crippen LogP contribution is -2.23. The summed E-state index contributed by atoms with van der Waals surface area (Å²) in [4.78, 5) is 27.3. The number of rotatable bonds is 5. The number of carbonyl (C=O) groups excluding carboxylic acids is 1. The molecule has 0 saturated heterocycles. The number of thiazole rings is 1. The van der Waals surface area contributed by atoms with Crippen molar-refractivity contribution in [1.82, 2.24) is 9.88 Å². The third-order valence-electron chi connectivity index (χ3n) is 1.68. The van der Waals surface area contributed by atoms with Crippen LogP contribution < -0.4 is 0 Å². The van der Waals surface area contributed by atoms with E-state index in [0.717, 1.165) is 4.34 Å². The van der Waals surface area contributed by atoms with E-state index in [1.165, 1.54) is 28.0 Å². The van der Waals surface area contributed by atoms with Gasteiger partial charge in [-0.15, -0.1) is 11.3 Å². The maximum Gasteiger partial charge on any atom is 0.309 e. The molecule has 0 radical (unpaired) electrons. The minimum Gasteiger partial charge on any atom is -0.481 e. The maximum atomic E-state index is 11.3. The smallest absolute Gasteiger partial charge is 0.309 e. The van der Waals surface area contributed by atoms with Gasteiger partial charge in [-0.3, -0.25) is 9.59 Å². The van der Waals surface area contributed by atoms with Crippen molar-refractivity contribution in [2.24, 2.45) is 0 Å². The molecule has 0 aliphatic rings. The number of carboxylic acid groups (broad SMARTS) is 1. The number of amides is 1. The van der Waals surface area contributed by atoms with E-state index in [4.69, 9.17) is 5.11 Å².